The van der Waals surface area contributed by atoms with Gasteiger partial charge in [0.05, 0.1) is 13.2 Å². The molecule has 0 N–H and O–H groups in total. The minimum Gasteiger partial charge on any atom is -0.464 e. The average molecular weight is 237 g/mol. The summed E-state index contributed by atoms with van der Waals surface area (Å²) in [5, 5.41) is 0. The highest BCUT2D eigenvalue weighted by atomic mass is 16.6. The largest absolute Gasteiger partial charge is 0.464 e. The fourth-order valence-corrected chi connectivity index (χ4v) is 1.37. The van der Waals surface area contributed by atoms with Gasteiger partial charge in [0.1, 0.15) is 6.61 Å². The first kappa shape index (κ1) is 13.5. The van der Waals surface area contributed by atoms with Crippen molar-refractivity contribution in [1.82, 2.24) is 0 Å². The molecule has 1 rings (SSSR count). The second-order valence-electron chi connectivity index (χ2n) is 3.61. The molecular weight excluding hydrogens is 218 g/mol. The van der Waals surface area contributed by atoms with E-state index < -0.39 is 0 Å². The van der Waals surface area contributed by atoms with Gasteiger partial charge in [-0.3, -0.25) is 0 Å². The van der Waals surface area contributed by atoms with Crippen molar-refractivity contribution in [2.24, 2.45) is 0 Å². The van der Waals surface area contributed by atoms with Gasteiger partial charge in [-0.15, -0.1) is 0 Å². The predicted octanol–water partition coefficient (Wildman–Crippen LogP) is 1.70. The van der Waals surface area contributed by atoms with E-state index in [2.05, 4.69) is 4.90 Å². The molecule has 1 aromatic rings. The highest BCUT2D eigenvalue weighted by Crippen LogP contribution is 2.09. The molecule has 0 unspecified atom stereocenters. The normalized spacial score (nSPS) is 10.0. The monoisotopic (exact) mass is 237 g/mol. The second-order valence-corrected chi connectivity index (χ2v) is 3.61. The van der Waals surface area contributed by atoms with Gasteiger partial charge in [-0.1, -0.05) is 18.2 Å². The zero-order chi connectivity index (χ0) is 12.5. The van der Waals surface area contributed by atoms with Crippen LogP contribution in [0.5, 0.6) is 0 Å². The van der Waals surface area contributed by atoms with Crippen LogP contribution in [0.2, 0.25) is 0 Å². The Morgan fingerprint density at radius 2 is 2.00 bits per heavy atom. The first-order valence-electron chi connectivity index (χ1n) is 5.73. The molecule has 0 aliphatic rings. The molecule has 4 heteroatoms. The molecule has 0 radical (unpaired) electrons. The Morgan fingerprint density at radius 1 is 1.29 bits per heavy atom. The van der Waals surface area contributed by atoms with Crippen LogP contribution in [-0.4, -0.2) is 39.4 Å². The van der Waals surface area contributed by atoms with E-state index in [-0.39, 0.29) is 12.6 Å². The lowest BCUT2D eigenvalue weighted by Gasteiger charge is -2.18. The predicted molar refractivity (Wildman–Crippen MR) is 67.2 cm³/mol. The first-order chi connectivity index (χ1) is 8.24. The zero-order valence-electron chi connectivity index (χ0n) is 10.4. The Bertz CT molecular complexity index is 327. The molecule has 0 spiro atoms. The van der Waals surface area contributed by atoms with Crippen molar-refractivity contribution >= 4 is 11.7 Å². The molecule has 0 saturated carbocycles. The third kappa shape index (κ3) is 5.36. The Labute approximate surface area is 102 Å². The molecule has 0 atom stereocenters. The summed E-state index contributed by atoms with van der Waals surface area (Å²) < 4.78 is 9.98. The summed E-state index contributed by atoms with van der Waals surface area (Å²) in [5.41, 5.74) is 1.13. The smallest absolute Gasteiger partial charge is 0.332 e. The lowest BCUT2D eigenvalue weighted by molar-refractivity contribution is -0.148. The maximum atomic E-state index is 11.0. The molecule has 4 nitrogen and oxygen atoms in total. The molecule has 0 aliphatic carbocycles. The number of esters is 1. The number of ether oxygens (including phenoxy) is 2. The van der Waals surface area contributed by atoms with E-state index in [4.69, 9.17) is 9.47 Å². The number of benzene rings is 1. The summed E-state index contributed by atoms with van der Waals surface area (Å²) in [6.45, 7) is 3.44. The minimum atomic E-state index is -0.310. The summed E-state index contributed by atoms with van der Waals surface area (Å²) >= 11 is 0. The molecular formula is C13H19NO3. The zero-order valence-corrected chi connectivity index (χ0v) is 10.4. The van der Waals surface area contributed by atoms with E-state index in [1.54, 1.807) is 6.92 Å². The SMILES string of the molecule is CCOC(=O)COCCN(C)c1ccccc1. The van der Waals surface area contributed by atoms with Crippen molar-refractivity contribution in [3.63, 3.8) is 0 Å². The molecule has 1 aromatic carbocycles. The number of para-hydroxylation sites is 1. The molecule has 0 amide bonds. The van der Waals surface area contributed by atoms with E-state index in [1.165, 1.54) is 0 Å². The van der Waals surface area contributed by atoms with E-state index in [0.717, 1.165) is 12.2 Å². The molecule has 0 heterocycles. The van der Waals surface area contributed by atoms with Crippen molar-refractivity contribution in [2.45, 2.75) is 6.92 Å². The summed E-state index contributed by atoms with van der Waals surface area (Å²) in [6.07, 6.45) is 0. The highest BCUT2D eigenvalue weighted by Gasteiger charge is 2.03. The Hall–Kier alpha value is -1.55. The van der Waals surface area contributed by atoms with Gasteiger partial charge in [0.2, 0.25) is 0 Å². The maximum absolute atomic E-state index is 11.0. The van der Waals surface area contributed by atoms with E-state index in [9.17, 15) is 4.79 Å². The van der Waals surface area contributed by atoms with Crippen LogP contribution in [0, 0.1) is 0 Å². The van der Waals surface area contributed by atoms with Gasteiger partial charge >= 0.3 is 5.97 Å². The van der Waals surface area contributed by atoms with Gasteiger partial charge in [0.15, 0.2) is 0 Å². The van der Waals surface area contributed by atoms with Crippen LogP contribution in [0.25, 0.3) is 0 Å². The molecule has 0 saturated heterocycles. The Morgan fingerprint density at radius 3 is 2.65 bits per heavy atom. The standard InChI is InChI=1S/C13H19NO3/c1-3-17-13(15)11-16-10-9-14(2)12-7-5-4-6-8-12/h4-8H,3,9-11H2,1-2H3. The minimum absolute atomic E-state index is 0.0243. The van der Waals surface area contributed by atoms with Crippen molar-refractivity contribution in [3.05, 3.63) is 30.3 Å². The summed E-state index contributed by atoms with van der Waals surface area (Å²) in [5.74, 6) is -0.310. The number of carbonyl (C=O) groups excluding carboxylic acids is 1. The van der Waals surface area contributed by atoms with Crippen LogP contribution in [0.1, 0.15) is 6.92 Å². The van der Waals surface area contributed by atoms with Gasteiger partial charge in [0, 0.05) is 19.3 Å². The fraction of sp³-hybridized carbons (Fsp3) is 0.462. The van der Waals surface area contributed by atoms with E-state index in [0.29, 0.717) is 13.2 Å². The number of likely N-dealkylation sites (N-methyl/N-ethyl adjacent to an activating group) is 1. The third-order valence-corrected chi connectivity index (χ3v) is 2.29. The van der Waals surface area contributed by atoms with Crippen molar-refractivity contribution in [2.75, 3.05) is 38.3 Å². The van der Waals surface area contributed by atoms with Gasteiger partial charge < -0.3 is 14.4 Å². The van der Waals surface area contributed by atoms with Crippen LogP contribution < -0.4 is 4.90 Å². The average Bonchev–Trinajstić information content (AvgIpc) is 2.36. The van der Waals surface area contributed by atoms with Crippen molar-refractivity contribution in [1.29, 1.82) is 0 Å². The number of hydrogen-bond acceptors (Lipinski definition) is 4. The highest BCUT2D eigenvalue weighted by molar-refractivity contribution is 5.70. The van der Waals surface area contributed by atoms with E-state index >= 15 is 0 Å². The number of anilines is 1. The van der Waals surface area contributed by atoms with Gasteiger partial charge in [-0.2, -0.15) is 0 Å². The van der Waals surface area contributed by atoms with Crippen LogP contribution in [0.4, 0.5) is 5.69 Å². The third-order valence-electron chi connectivity index (χ3n) is 2.29. The number of nitrogens with zero attached hydrogens (tertiary/aromatic N) is 1. The van der Waals surface area contributed by atoms with E-state index in [1.807, 2.05) is 37.4 Å². The number of hydrogen-bond donors (Lipinski definition) is 0. The first-order valence-corrected chi connectivity index (χ1v) is 5.73. The lowest BCUT2D eigenvalue weighted by atomic mass is 10.3. The second kappa shape index (κ2) is 7.68. The molecule has 0 aromatic heterocycles. The van der Waals surface area contributed by atoms with Crippen LogP contribution in [-0.2, 0) is 14.3 Å². The van der Waals surface area contributed by atoms with Crippen LogP contribution >= 0.6 is 0 Å². The van der Waals surface area contributed by atoms with Gasteiger partial charge in [0.25, 0.3) is 0 Å². The molecule has 0 fully saturated rings. The quantitative estimate of drug-likeness (QED) is 0.534. The molecule has 0 bridgehead atoms. The van der Waals surface area contributed by atoms with Crippen LogP contribution in [0.3, 0.4) is 0 Å². The lowest BCUT2D eigenvalue weighted by Crippen LogP contribution is -2.24. The number of carbonyl (C=O) groups is 1. The topological polar surface area (TPSA) is 38.8 Å². The molecule has 94 valence electrons. The molecule has 0 aliphatic heterocycles. The maximum Gasteiger partial charge on any atom is 0.332 e. The van der Waals surface area contributed by atoms with Gasteiger partial charge in [-0.05, 0) is 19.1 Å². The fourth-order valence-electron chi connectivity index (χ4n) is 1.37. The summed E-state index contributed by atoms with van der Waals surface area (Å²) in [7, 11) is 1.99. The summed E-state index contributed by atoms with van der Waals surface area (Å²) in [6, 6.07) is 10.0. The Kier molecular flexibility index (Phi) is 6.10. The van der Waals surface area contributed by atoms with Crippen LogP contribution in [0.15, 0.2) is 30.3 Å². The summed E-state index contributed by atoms with van der Waals surface area (Å²) in [4.78, 5) is 13.1. The Balaban J connectivity index is 2.17. The molecule has 17 heavy (non-hydrogen) atoms. The number of rotatable bonds is 7. The van der Waals surface area contributed by atoms with Gasteiger partial charge in [-0.25, -0.2) is 4.79 Å². The van der Waals surface area contributed by atoms with Crippen molar-refractivity contribution in [3.8, 4) is 0 Å². The van der Waals surface area contributed by atoms with Crippen molar-refractivity contribution < 1.29 is 14.3 Å².